The van der Waals surface area contributed by atoms with Crippen molar-refractivity contribution in [2.24, 2.45) is 5.92 Å². The number of nitrogens with zero attached hydrogens (tertiary/aromatic N) is 1. The zero-order valence-corrected chi connectivity index (χ0v) is 18.7. The van der Waals surface area contributed by atoms with Gasteiger partial charge in [0.1, 0.15) is 0 Å². The number of amides is 2. The second-order valence-electron chi connectivity index (χ2n) is 7.91. The number of likely N-dealkylation sites (tertiary alicyclic amines) is 1. The maximum Gasteiger partial charge on any atom is 0.253 e. The van der Waals surface area contributed by atoms with Crippen LogP contribution >= 0.6 is 0 Å². The SMILES string of the molecule is COc1cc([C@@H]2CN(C(=O)c3ccccc3)C[C@@H]2C(=O)NC(C)C)cc(OC)c1OC. The van der Waals surface area contributed by atoms with E-state index in [1.807, 2.05) is 44.2 Å². The number of nitrogens with one attached hydrogen (secondary N) is 1. The highest BCUT2D eigenvalue weighted by atomic mass is 16.5. The first kappa shape index (κ1) is 22.5. The number of benzene rings is 2. The van der Waals surface area contributed by atoms with Crippen LogP contribution < -0.4 is 19.5 Å². The van der Waals surface area contributed by atoms with E-state index in [1.165, 1.54) is 0 Å². The summed E-state index contributed by atoms with van der Waals surface area (Å²) < 4.78 is 16.4. The summed E-state index contributed by atoms with van der Waals surface area (Å²) in [6.07, 6.45) is 0. The van der Waals surface area contributed by atoms with Crippen LogP contribution in [0.5, 0.6) is 17.2 Å². The van der Waals surface area contributed by atoms with E-state index in [-0.39, 0.29) is 23.8 Å². The summed E-state index contributed by atoms with van der Waals surface area (Å²) in [5.41, 5.74) is 1.47. The average Bonchev–Trinajstić information content (AvgIpc) is 3.23. The van der Waals surface area contributed by atoms with Crippen LogP contribution in [0, 0.1) is 5.92 Å². The lowest BCUT2D eigenvalue weighted by Crippen LogP contribution is -2.39. The third kappa shape index (κ3) is 4.76. The summed E-state index contributed by atoms with van der Waals surface area (Å²) in [5.74, 6) is 0.778. The predicted octanol–water partition coefficient (Wildman–Crippen LogP) is 3.09. The largest absolute Gasteiger partial charge is 0.493 e. The van der Waals surface area contributed by atoms with Crippen molar-refractivity contribution in [3.63, 3.8) is 0 Å². The topological polar surface area (TPSA) is 77.1 Å². The van der Waals surface area contributed by atoms with Crippen LogP contribution in [0.3, 0.4) is 0 Å². The Kier molecular flexibility index (Phi) is 7.05. The summed E-state index contributed by atoms with van der Waals surface area (Å²) in [6.45, 7) is 4.61. The molecule has 7 heteroatoms. The van der Waals surface area contributed by atoms with Crippen molar-refractivity contribution in [2.75, 3.05) is 34.4 Å². The van der Waals surface area contributed by atoms with Gasteiger partial charge in [-0.15, -0.1) is 0 Å². The fourth-order valence-corrected chi connectivity index (χ4v) is 4.04. The third-order valence-electron chi connectivity index (χ3n) is 5.51. The lowest BCUT2D eigenvalue weighted by atomic mass is 9.87. The molecule has 0 bridgehead atoms. The van der Waals surface area contributed by atoms with Gasteiger partial charge in [0.15, 0.2) is 11.5 Å². The van der Waals surface area contributed by atoms with E-state index in [4.69, 9.17) is 14.2 Å². The van der Waals surface area contributed by atoms with Crippen molar-refractivity contribution in [3.8, 4) is 17.2 Å². The van der Waals surface area contributed by atoms with Gasteiger partial charge in [0.2, 0.25) is 11.7 Å². The van der Waals surface area contributed by atoms with E-state index in [2.05, 4.69) is 5.32 Å². The lowest BCUT2D eigenvalue weighted by molar-refractivity contribution is -0.125. The zero-order valence-electron chi connectivity index (χ0n) is 18.7. The lowest BCUT2D eigenvalue weighted by Gasteiger charge is -2.21. The van der Waals surface area contributed by atoms with E-state index < -0.39 is 5.92 Å². The highest BCUT2D eigenvalue weighted by Crippen LogP contribution is 2.43. The Balaban J connectivity index is 1.99. The first-order valence-corrected chi connectivity index (χ1v) is 10.3. The summed E-state index contributed by atoms with van der Waals surface area (Å²) in [5, 5.41) is 3.00. The molecule has 166 valence electrons. The van der Waals surface area contributed by atoms with Gasteiger partial charge in [-0.25, -0.2) is 0 Å². The second kappa shape index (κ2) is 9.73. The normalized spacial score (nSPS) is 18.1. The van der Waals surface area contributed by atoms with Crippen molar-refractivity contribution >= 4 is 11.8 Å². The van der Waals surface area contributed by atoms with Gasteiger partial charge in [-0.3, -0.25) is 9.59 Å². The minimum Gasteiger partial charge on any atom is -0.493 e. The Labute approximate surface area is 183 Å². The van der Waals surface area contributed by atoms with Crippen LogP contribution in [0.15, 0.2) is 42.5 Å². The van der Waals surface area contributed by atoms with Gasteiger partial charge in [0.25, 0.3) is 5.91 Å². The molecule has 0 radical (unpaired) electrons. The Morgan fingerprint density at radius 3 is 2.10 bits per heavy atom. The smallest absolute Gasteiger partial charge is 0.253 e. The predicted molar refractivity (Wildman–Crippen MR) is 118 cm³/mol. The standard InChI is InChI=1S/C24H30N2O5/c1-15(2)25-23(27)19-14-26(24(28)16-9-7-6-8-10-16)13-18(19)17-11-20(29-3)22(31-5)21(12-17)30-4/h6-12,15,18-19H,13-14H2,1-5H3,(H,25,27)/t18-,19-/m0/s1. The van der Waals surface area contributed by atoms with Crippen LogP contribution in [0.4, 0.5) is 0 Å². The number of methoxy groups -OCH3 is 3. The molecule has 0 spiro atoms. The molecule has 2 aromatic carbocycles. The number of ether oxygens (including phenoxy) is 3. The van der Waals surface area contributed by atoms with Crippen LogP contribution in [0.2, 0.25) is 0 Å². The Hall–Kier alpha value is -3.22. The maximum absolute atomic E-state index is 13.1. The van der Waals surface area contributed by atoms with E-state index >= 15 is 0 Å². The van der Waals surface area contributed by atoms with E-state index in [1.54, 1.807) is 38.4 Å². The molecule has 0 aliphatic carbocycles. The molecule has 1 aliphatic rings. The highest BCUT2D eigenvalue weighted by molar-refractivity contribution is 5.95. The van der Waals surface area contributed by atoms with Crippen molar-refractivity contribution in [1.82, 2.24) is 10.2 Å². The van der Waals surface area contributed by atoms with Gasteiger partial charge >= 0.3 is 0 Å². The molecule has 2 amide bonds. The van der Waals surface area contributed by atoms with Gasteiger partial charge in [0, 0.05) is 30.6 Å². The zero-order chi connectivity index (χ0) is 22.5. The van der Waals surface area contributed by atoms with Crippen LogP contribution in [0.1, 0.15) is 35.7 Å². The minimum atomic E-state index is -0.391. The fourth-order valence-electron chi connectivity index (χ4n) is 4.04. The van der Waals surface area contributed by atoms with Crippen LogP contribution in [-0.2, 0) is 4.79 Å². The van der Waals surface area contributed by atoms with Crippen LogP contribution in [0.25, 0.3) is 0 Å². The number of rotatable bonds is 7. The fraction of sp³-hybridized carbons (Fsp3) is 0.417. The quantitative estimate of drug-likeness (QED) is 0.736. The summed E-state index contributed by atoms with van der Waals surface area (Å²) >= 11 is 0. The van der Waals surface area contributed by atoms with E-state index in [0.29, 0.717) is 35.9 Å². The molecule has 1 fully saturated rings. The second-order valence-corrected chi connectivity index (χ2v) is 7.91. The van der Waals surface area contributed by atoms with E-state index in [9.17, 15) is 9.59 Å². The Morgan fingerprint density at radius 1 is 0.968 bits per heavy atom. The van der Waals surface area contributed by atoms with Gasteiger partial charge in [-0.05, 0) is 43.7 Å². The molecule has 31 heavy (non-hydrogen) atoms. The van der Waals surface area contributed by atoms with Crippen molar-refractivity contribution in [3.05, 3.63) is 53.6 Å². The molecule has 1 heterocycles. The van der Waals surface area contributed by atoms with Gasteiger partial charge < -0.3 is 24.4 Å². The molecular formula is C24H30N2O5. The molecule has 7 nitrogen and oxygen atoms in total. The number of carbonyl (C=O) groups excluding carboxylic acids is 2. The number of hydrogen-bond donors (Lipinski definition) is 1. The molecule has 1 saturated heterocycles. The van der Waals surface area contributed by atoms with Crippen molar-refractivity contribution < 1.29 is 23.8 Å². The molecule has 0 unspecified atom stereocenters. The molecule has 2 atom stereocenters. The first-order chi connectivity index (χ1) is 14.9. The minimum absolute atomic E-state index is 0.00645. The number of carbonyl (C=O) groups is 2. The maximum atomic E-state index is 13.1. The first-order valence-electron chi connectivity index (χ1n) is 10.3. The highest BCUT2D eigenvalue weighted by Gasteiger charge is 2.41. The molecule has 2 aromatic rings. The average molecular weight is 427 g/mol. The number of hydrogen-bond acceptors (Lipinski definition) is 5. The summed E-state index contributed by atoms with van der Waals surface area (Å²) in [4.78, 5) is 27.9. The van der Waals surface area contributed by atoms with Gasteiger partial charge in [-0.2, -0.15) is 0 Å². The molecule has 0 aromatic heterocycles. The Morgan fingerprint density at radius 2 is 1.58 bits per heavy atom. The van der Waals surface area contributed by atoms with Crippen molar-refractivity contribution in [2.45, 2.75) is 25.8 Å². The summed E-state index contributed by atoms with van der Waals surface area (Å²) in [7, 11) is 4.67. The van der Waals surface area contributed by atoms with Crippen molar-refractivity contribution in [1.29, 1.82) is 0 Å². The van der Waals surface area contributed by atoms with Gasteiger partial charge in [0.05, 0.1) is 27.2 Å². The Bertz CT molecular complexity index is 904. The summed E-state index contributed by atoms with van der Waals surface area (Å²) in [6, 6.07) is 12.9. The molecule has 1 N–H and O–H groups in total. The van der Waals surface area contributed by atoms with Crippen LogP contribution in [-0.4, -0.2) is 57.2 Å². The molecule has 1 aliphatic heterocycles. The molecule has 3 rings (SSSR count). The molecular weight excluding hydrogens is 396 g/mol. The van der Waals surface area contributed by atoms with Gasteiger partial charge in [-0.1, -0.05) is 18.2 Å². The third-order valence-corrected chi connectivity index (χ3v) is 5.51. The monoisotopic (exact) mass is 426 g/mol. The molecule has 0 saturated carbocycles. The van der Waals surface area contributed by atoms with E-state index in [0.717, 1.165) is 5.56 Å².